The number of halogens is 2. The summed E-state index contributed by atoms with van der Waals surface area (Å²) in [4.78, 5) is 12.1. The van der Waals surface area contributed by atoms with Gasteiger partial charge in [0.25, 0.3) is 5.91 Å². The maximum Gasteiger partial charge on any atom is 0.259 e. The van der Waals surface area contributed by atoms with Crippen molar-refractivity contribution in [1.29, 1.82) is 5.26 Å². The Bertz CT molecular complexity index is 726. The molecular weight excluding hydrogens is 435 g/mol. The highest BCUT2D eigenvalue weighted by atomic mass is 127. The average Bonchev–Trinajstić information content (AvgIpc) is 2.43. The van der Waals surface area contributed by atoms with Crippen LogP contribution in [-0.4, -0.2) is 11.0 Å². The van der Waals surface area contributed by atoms with Crippen molar-refractivity contribution < 1.29 is 9.90 Å². The van der Waals surface area contributed by atoms with Gasteiger partial charge in [0.15, 0.2) is 0 Å². The van der Waals surface area contributed by atoms with E-state index in [2.05, 4.69) is 43.8 Å². The average molecular weight is 443 g/mol. The second-order valence-corrected chi connectivity index (χ2v) is 6.02. The van der Waals surface area contributed by atoms with Crippen molar-refractivity contribution in [3.63, 3.8) is 0 Å². The Morgan fingerprint density at radius 1 is 1.30 bits per heavy atom. The third-order valence-electron chi connectivity index (χ3n) is 2.55. The highest BCUT2D eigenvalue weighted by Gasteiger charge is 2.13. The van der Waals surface area contributed by atoms with Crippen molar-refractivity contribution in [1.82, 2.24) is 0 Å². The summed E-state index contributed by atoms with van der Waals surface area (Å²) in [5.74, 6) is -0.487. The van der Waals surface area contributed by atoms with Crippen LogP contribution >= 0.6 is 38.5 Å². The predicted molar refractivity (Wildman–Crippen MR) is 87.6 cm³/mol. The van der Waals surface area contributed by atoms with Gasteiger partial charge in [-0.25, -0.2) is 0 Å². The second-order valence-electron chi connectivity index (χ2n) is 3.92. The second kappa shape index (κ2) is 6.24. The smallest absolute Gasteiger partial charge is 0.259 e. The molecule has 2 aromatic rings. The molecule has 0 aliphatic carbocycles. The van der Waals surface area contributed by atoms with Crippen LogP contribution in [0, 0.1) is 14.9 Å². The fourth-order valence-corrected chi connectivity index (χ4v) is 2.53. The summed E-state index contributed by atoms with van der Waals surface area (Å²) in [5, 5.41) is 21.2. The lowest BCUT2D eigenvalue weighted by Crippen LogP contribution is -2.12. The van der Waals surface area contributed by atoms with Crippen LogP contribution in [0.5, 0.6) is 5.75 Å². The fourth-order valence-electron chi connectivity index (χ4n) is 1.57. The molecule has 0 radical (unpaired) electrons. The predicted octanol–water partition coefficient (Wildman–Crippen LogP) is 3.88. The Labute approximate surface area is 137 Å². The summed E-state index contributed by atoms with van der Waals surface area (Å²) in [7, 11) is 0. The monoisotopic (exact) mass is 442 g/mol. The molecule has 0 atom stereocenters. The minimum atomic E-state index is -0.411. The normalized spacial score (nSPS) is 9.85. The highest BCUT2D eigenvalue weighted by molar-refractivity contribution is 14.1. The quantitative estimate of drug-likeness (QED) is 0.693. The van der Waals surface area contributed by atoms with E-state index in [-0.39, 0.29) is 11.3 Å². The first kappa shape index (κ1) is 14.8. The van der Waals surface area contributed by atoms with Gasteiger partial charge in [0.2, 0.25) is 0 Å². The lowest BCUT2D eigenvalue weighted by molar-refractivity contribution is 0.102. The molecule has 1 amide bonds. The van der Waals surface area contributed by atoms with E-state index >= 15 is 0 Å². The van der Waals surface area contributed by atoms with Crippen LogP contribution in [0.2, 0.25) is 0 Å². The van der Waals surface area contributed by atoms with E-state index < -0.39 is 5.91 Å². The van der Waals surface area contributed by atoms with Crippen LogP contribution < -0.4 is 5.32 Å². The maximum absolute atomic E-state index is 12.1. The first-order valence-electron chi connectivity index (χ1n) is 5.51. The molecule has 0 aromatic heterocycles. The van der Waals surface area contributed by atoms with Crippen molar-refractivity contribution in [2.45, 2.75) is 0 Å². The molecule has 0 aliphatic rings. The first-order chi connectivity index (χ1) is 9.51. The summed E-state index contributed by atoms with van der Waals surface area (Å²) in [6.07, 6.45) is 0. The van der Waals surface area contributed by atoms with Crippen molar-refractivity contribution >= 4 is 50.1 Å². The minimum absolute atomic E-state index is 0.0762. The molecule has 4 nitrogen and oxygen atoms in total. The largest absolute Gasteiger partial charge is 0.507 e. The number of aromatic hydroxyl groups is 1. The zero-order valence-electron chi connectivity index (χ0n) is 10.0. The molecule has 0 saturated carbocycles. The van der Waals surface area contributed by atoms with Crippen LogP contribution in [-0.2, 0) is 0 Å². The number of phenolic OH excluding ortho intramolecular Hbond substituents is 1. The van der Waals surface area contributed by atoms with Crippen LogP contribution in [0.3, 0.4) is 0 Å². The Morgan fingerprint density at radius 2 is 2.05 bits per heavy atom. The van der Waals surface area contributed by atoms with Gasteiger partial charge < -0.3 is 10.4 Å². The van der Waals surface area contributed by atoms with Gasteiger partial charge in [0.05, 0.1) is 22.9 Å². The fraction of sp³-hybridized carbons (Fsp3) is 0. The first-order valence-corrected chi connectivity index (χ1v) is 7.38. The number of nitrogens with one attached hydrogen (secondary N) is 1. The van der Waals surface area contributed by atoms with E-state index in [4.69, 9.17) is 5.26 Å². The Kier molecular flexibility index (Phi) is 4.62. The third-order valence-corrected chi connectivity index (χ3v) is 3.88. The van der Waals surface area contributed by atoms with E-state index in [1.54, 1.807) is 30.3 Å². The third kappa shape index (κ3) is 3.29. The zero-order chi connectivity index (χ0) is 14.7. The summed E-state index contributed by atoms with van der Waals surface area (Å²) < 4.78 is 1.46. The molecule has 0 heterocycles. The van der Waals surface area contributed by atoms with Crippen LogP contribution in [0.25, 0.3) is 0 Å². The van der Waals surface area contributed by atoms with Gasteiger partial charge in [-0.1, -0.05) is 0 Å². The number of nitriles is 1. The molecule has 100 valence electrons. The summed E-state index contributed by atoms with van der Waals surface area (Å²) in [5.41, 5.74) is 1.23. The SMILES string of the molecule is N#Cc1ccc(NC(=O)c2cc(I)ccc2O)c(Br)c1. The molecule has 20 heavy (non-hydrogen) atoms. The van der Waals surface area contributed by atoms with Gasteiger partial charge in [0, 0.05) is 8.04 Å². The van der Waals surface area contributed by atoms with Crippen molar-refractivity contribution in [2.75, 3.05) is 5.32 Å². The van der Waals surface area contributed by atoms with Gasteiger partial charge >= 0.3 is 0 Å². The summed E-state index contributed by atoms with van der Waals surface area (Å²) in [6.45, 7) is 0. The Balaban J connectivity index is 2.28. The zero-order valence-corrected chi connectivity index (χ0v) is 13.8. The maximum atomic E-state index is 12.1. The summed E-state index contributed by atoms with van der Waals surface area (Å²) in [6, 6.07) is 11.7. The topological polar surface area (TPSA) is 73.1 Å². The molecule has 6 heteroatoms. The lowest BCUT2D eigenvalue weighted by atomic mass is 10.1. The van der Waals surface area contributed by atoms with Gasteiger partial charge in [-0.05, 0) is 74.9 Å². The standard InChI is InChI=1S/C14H8BrIN2O2/c15-11-5-8(7-17)1-3-12(11)18-14(20)10-6-9(16)2-4-13(10)19/h1-6,19H,(H,18,20). The number of nitrogens with zero attached hydrogens (tertiary/aromatic N) is 1. The van der Waals surface area contributed by atoms with Crippen molar-refractivity contribution in [2.24, 2.45) is 0 Å². The molecule has 2 N–H and O–H groups in total. The van der Waals surface area contributed by atoms with E-state index in [1.165, 1.54) is 6.07 Å². The summed E-state index contributed by atoms with van der Waals surface area (Å²) >= 11 is 5.36. The van der Waals surface area contributed by atoms with E-state index in [9.17, 15) is 9.90 Å². The number of rotatable bonds is 2. The number of amides is 1. The van der Waals surface area contributed by atoms with E-state index in [1.807, 2.05) is 6.07 Å². The number of benzene rings is 2. The number of anilines is 1. The molecule has 2 aromatic carbocycles. The number of carbonyl (C=O) groups is 1. The van der Waals surface area contributed by atoms with E-state index in [0.717, 1.165) is 3.57 Å². The highest BCUT2D eigenvalue weighted by Crippen LogP contribution is 2.26. The number of carbonyl (C=O) groups excluding carboxylic acids is 1. The molecule has 0 aliphatic heterocycles. The van der Waals surface area contributed by atoms with Crippen molar-refractivity contribution in [3.05, 3.63) is 55.6 Å². The molecule has 0 bridgehead atoms. The van der Waals surface area contributed by atoms with Gasteiger partial charge in [-0.2, -0.15) is 5.26 Å². The Hall–Kier alpha value is -1.59. The molecular formula is C14H8BrIN2O2. The van der Waals surface area contributed by atoms with E-state index in [0.29, 0.717) is 15.7 Å². The van der Waals surface area contributed by atoms with Crippen LogP contribution in [0.4, 0.5) is 5.69 Å². The Morgan fingerprint density at radius 3 is 2.70 bits per heavy atom. The molecule has 0 unspecified atom stereocenters. The number of hydrogen-bond donors (Lipinski definition) is 2. The van der Waals surface area contributed by atoms with Gasteiger partial charge in [-0.15, -0.1) is 0 Å². The van der Waals surface area contributed by atoms with Crippen LogP contribution in [0.1, 0.15) is 15.9 Å². The molecule has 0 saturated heterocycles. The lowest BCUT2D eigenvalue weighted by Gasteiger charge is -2.09. The molecule has 0 fully saturated rings. The molecule has 2 rings (SSSR count). The van der Waals surface area contributed by atoms with Crippen molar-refractivity contribution in [3.8, 4) is 11.8 Å². The number of phenols is 1. The van der Waals surface area contributed by atoms with Crippen LogP contribution in [0.15, 0.2) is 40.9 Å². The van der Waals surface area contributed by atoms with Gasteiger partial charge in [0.1, 0.15) is 5.75 Å². The minimum Gasteiger partial charge on any atom is -0.507 e. The number of hydrogen-bond acceptors (Lipinski definition) is 3. The molecule has 0 spiro atoms. The van der Waals surface area contributed by atoms with Gasteiger partial charge in [-0.3, -0.25) is 4.79 Å².